The van der Waals surface area contributed by atoms with Crippen molar-refractivity contribution < 1.29 is 22.0 Å². The van der Waals surface area contributed by atoms with Crippen LogP contribution in [0.2, 0.25) is 0 Å². The Kier molecular flexibility index (Phi) is 6.49. The van der Waals surface area contributed by atoms with Gasteiger partial charge in [0.15, 0.2) is 0 Å². The second-order valence-corrected chi connectivity index (χ2v) is 9.84. The van der Waals surface area contributed by atoms with Crippen molar-refractivity contribution in [3.8, 4) is 11.1 Å². The highest BCUT2D eigenvalue weighted by Crippen LogP contribution is 2.41. The van der Waals surface area contributed by atoms with E-state index in [0.29, 0.717) is 30.3 Å². The summed E-state index contributed by atoms with van der Waals surface area (Å²) in [5.41, 5.74) is 3.08. The van der Waals surface area contributed by atoms with Gasteiger partial charge in [0.1, 0.15) is 11.6 Å². The molecular weight excluding hydrogens is 523 g/mol. The van der Waals surface area contributed by atoms with Crippen LogP contribution in [-0.2, 0) is 14.9 Å². The third-order valence-corrected chi connectivity index (χ3v) is 7.18. The van der Waals surface area contributed by atoms with Crippen LogP contribution in [0.3, 0.4) is 0 Å². The van der Waals surface area contributed by atoms with Gasteiger partial charge in [0.25, 0.3) is 10.0 Å². The Balaban J connectivity index is 2.31. The van der Waals surface area contributed by atoms with E-state index in [1.807, 2.05) is 29.5 Å². The van der Waals surface area contributed by atoms with Crippen molar-refractivity contribution in [2.24, 2.45) is 0 Å². The molecule has 0 N–H and O–H groups in total. The van der Waals surface area contributed by atoms with E-state index in [9.17, 15) is 17.2 Å². The largest absolute Gasteiger partial charge is 0.286 e. The van der Waals surface area contributed by atoms with Crippen molar-refractivity contribution in [3.63, 3.8) is 0 Å². The van der Waals surface area contributed by atoms with E-state index in [1.165, 1.54) is 37.4 Å². The molecule has 8 heteroatoms. The number of aryl methyl sites for hydroxylation is 3. The van der Waals surface area contributed by atoms with Crippen LogP contribution < -0.4 is 4.47 Å². The highest BCUT2D eigenvalue weighted by atomic mass is 127. The molecule has 0 aliphatic heterocycles. The van der Waals surface area contributed by atoms with Gasteiger partial charge in [0.05, 0.1) is 17.7 Å². The Labute approximate surface area is 188 Å². The molecular formula is C22H20F2INO3S. The van der Waals surface area contributed by atoms with Crippen LogP contribution in [0.4, 0.5) is 14.5 Å². The van der Waals surface area contributed by atoms with Crippen molar-refractivity contribution in [3.05, 3.63) is 80.4 Å². The standard InChI is InChI=1S/C22H20F2INO3S/c1-13-5-7-18(8-6-13)30(27,28)26(29-4)20-12-17(24)10-15(3)22(20)21-14(2)9-16(23)11-19(21)25/h5-12H,1-4H3. The minimum atomic E-state index is -4.15. The fourth-order valence-electron chi connectivity index (χ4n) is 3.35. The zero-order chi connectivity index (χ0) is 22.2. The topological polar surface area (TPSA) is 46.6 Å². The Hall–Kier alpha value is -2.04. The molecule has 0 heterocycles. The van der Waals surface area contributed by atoms with Crippen LogP contribution in [0, 0.1) is 36.0 Å². The number of sulfonamides is 1. The Morgan fingerprint density at radius 2 is 1.40 bits per heavy atom. The molecule has 0 fully saturated rings. The highest BCUT2D eigenvalue weighted by molar-refractivity contribution is 14.1. The van der Waals surface area contributed by atoms with E-state index in [0.717, 1.165) is 11.6 Å². The lowest BCUT2D eigenvalue weighted by atomic mass is 9.95. The Bertz CT molecular complexity index is 1190. The molecule has 3 aromatic rings. The number of hydrogen-bond acceptors (Lipinski definition) is 3. The van der Waals surface area contributed by atoms with Crippen LogP contribution in [0.15, 0.2) is 53.4 Å². The first-order chi connectivity index (χ1) is 14.1. The summed E-state index contributed by atoms with van der Waals surface area (Å²) in [5.74, 6) is -1.01. The predicted octanol–water partition coefficient (Wildman–Crippen LogP) is 5.92. The summed E-state index contributed by atoms with van der Waals surface area (Å²) < 4.78 is 56.2. The Morgan fingerprint density at radius 1 is 0.867 bits per heavy atom. The van der Waals surface area contributed by atoms with Gasteiger partial charge in [-0.3, -0.25) is 4.84 Å². The quantitative estimate of drug-likeness (QED) is 0.297. The van der Waals surface area contributed by atoms with Gasteiger partial charge >= 0.3 is 0 Å². The molecule has 0 amide bonds. The molecule has 0 aliphatic rings. The van der Waals surface area contributed by atoms with E-state index in [4.69, 9.17) is 4.84 Å². The summed E-state index contributed by atoms with van der Waals surface area (Å²) in [4.78, 5) is 5.27. The van der Waals surface area contributed by atoms with Crippen molar-refractivity contribution in [2.75, 3.05) is 11.6 Å². The molecule has 0 radical (unpaired) electrons. The molecule has 0 spiro atoms. The zero-order valence-electron chi connectivity index (χ0n) is 16.8. The molecule has 3 aromatic carbocycles. The minimum absolute atomic E-state index is 0.00772. The maximum atomic E-state index is 14.4. The second-order valence-electron chi connectivity index (χ2n) is 6.92. The first kappa shape index (κ1) is 22.6. The van der Waals surface area contributed by atoms with Crippen LogP contribution >= 0.6 is 22.6 Å². The summed E-state index contributed by atoms with van der Waals surface area (Å²) in [6, 6.07) is 11.4. The molecule has 4 nitrogen and oxygen atoms in total. The number of halogens is 3. The van der Waals surface area contributed by atoms with Gasteiger partial charge in [-0.1, -0.05) is 17.7 Å². The molecule has 158 valence electrons. The van der Waals surface area contributed by atoms with E-state index >= 15 is 0 Å². The van der Waals surface area contributed by atoms with Gasteiger partial charge in [-0.25, -0.2) is 8.78 Å². The Morgan fingerprint density at radius 3 is 1.93 bits per heavy atom. The van der Waals surface area contributed by atoms with E-state index in [1.54, 1.807) is 26.0 Å². The lowest BCUT2D eigenvalue weighted by molar-refractivity contribution is 0.216. The number of benzene rings is 3. The monoisotopic (exact) mass is 543 g/mol. The van der Waals surface area contributed by atoms with Gasteiger partial charge in [0, 0.05) is 20.8 Å². The average molecular weight is 543 g/mol. The zero-order valence-corrected chi connectivity index (χ0v) is 19.8. The van der Waals surface area contributed by atoms with Crippen LogP contribution in [-0.4, -0.2) is 15.5 Å². The number of hydrogen-bond donors (Lipinski definition) is 0. The van der Waals surface area contributed by atoms with Gasteiger partial charge in [-0.05, 0) is 84.8 Å². The van der Waals surface area contributed by atoms with E-state index in [-0.39, 0.29) is 10.6 Å². The molecule has 0 aromatic heterocycles. The molecule has 0 saturated carbocycles. The van der Waals surface area contributed by atoms with Gasteiger partial charge in [-0.15, -0.1) is 4.47 Å². The third-order valence-electron chi connectivity index (χ3n) is 4.68. The van der Waals surface area contributed by atoms with Gasteiger partial charge in [0.2, 0.25) is 0 Å². The second kappa shape index (κ2) is 8.60. The van der Waals surface area contributed by atoms with E-state index < -0.39 is 21.7 Å². The van der Waals surface area contributed by atoms with Gasteiger partial charge < -0.3 is 0 Å². The molecule has 0 saturated heterocycles. The molecule has 0 unspecified atom stereocenters. The first-order valence-corrected chi connectivity index (χ1v) is 11.5. The third kappa shape index (κ3) is 4.21. The number of nitrogens with zero attached hydrogens (tertiary/aromatic N) is 1. The van der Waals surface area contributed by atoms with Gasteiger partial charge in [-0.2, -0.15) is 8.42 Å². The van der Waals surface area contributed by atoms with Crippen LogP contribution in [0.1, 0.15) is 16.7 Å². The SMILES string of the molecule is CON(c1cc(F)cc(C)c1-c1c(C)cc(F)cc1I)S(=O)(=O)c1ccc(C)cc1. The van der Waals surface area contributed by atoms with Crippen molar-refractivity contribution in [1.29, 1.82) is 0 Å². The maximum absolute atomic E-state index is 14.4. The lowest BCUT2D eigenvalue weighted by Crippen LogP contribution is -2.30. The van der Waals surface area contributed by atoms with Crippen LogP contribution in [0.25, 0.3) is 11.1 Å². The van der Waals surface area contributed by atoms with Crippen LogP contribution in [0.5, 0.6) is 0 Å². The molecule has 0 bridgehead atoms. The molecule has 3 rings (SSSR count). The maximum Gasteiger partial charge on any atom is 0.286 e. The smallest absolute Gasteiger partial charge is 0.262 e. The fraction of sp³-hybridized carbons (Fsp3) is 0.182. The van der Waals surface area contributed by atoms with Crippen molar-refractivity contribution in [1.82, 2.24) is 0 Å². The normalized spacial score (nSPS) is 11.6. The summed E-state index contributed by atoms with van der Waals surface area (Å²) in [6.45, 7) is 5.24. The molecule has 0 aliphatic carbocycles. The summed E-state index contributed by atoms with van der Waals surface area (Å²) >= 11 is 1.99. The first-order valence-electron chi connectivity index (χ1n) is 8.98. The summed E-state index contributed by atoms with van der Waals surface area (Å²) in [6.07, 6.45) is 0. The fourth-order valence-corrected chi connectivity index (χ4v) is 5.61. The predicted molar refractivity (Wildman–Crippen MR) is 122 cm³/mol. The average Bonchev–Trinajstić information content (AvgIpc) is 2.63. The van der Waals surface area contributed by atoms with E-state index in [2.05, 4.69) is 0 Å². The van der Waals surface area contributed by atoms with Crippen molar-refractivity contribution in [2.45, 2.75) is 25.7 Å². The molecule has 30 heavy (non-hydrogen) atoms. The lowest BCUT2D eigenvalue weighted by Gasteiger charge is -2.26. The highest BCUT2D eigenvalue weighted by Gasteiger charge is 2.30. The number of anilines is 1. The number of rotatable bonds is 5. The summed E-state index contributed by atoms with van der Waals surface area (Å²) in [7, 11) is -2.94. The summed E-state index contributed by atoms with van der Waals surface area (Å²) in [5, 5.41) is 0. The molecule has 0 atom stereocenters. The minimum Gasteiger partial charge on any atom is -0.262 e. The van der Waals surface area contributed by atoms with Crippen molar-refractivity contribution >= 4 is 38.3 Å².